The van der Waals surface area contributed by atoms with Gasteiger partial charge in [-0.25, -0.2) is 9.69 Å². The van der Waals surface area contributed by atoms with E-state index in [1.165, 1.54) is 12.1 Å². The van der Waals surface area contributed by atoms with Gasteiger partial charge in [0.2, 0.25) is 0 Å². The van der Waals surface area contributed by atoms with Gasteiger partial charge in [0, 0.05) is 23.5 Å². The summed E-state index contributed by atoms with van der Waals surface area (Å²) in [6.07, 6.45) is 0.625. The van der Waals surface area contributed by atoms with Crippen LogP contribution in [0.3, 0.4) is 0 Å². The monoisotopic (exact) mass is 531 g/mol. The Balaban J connectivity index is 1.59. The van der Waals surface area contributed by atoms with Crippen molar-refractivity contribution in [1.29, 1.82) is 0 Å². The number of nitrogens with zero attached hydrogens (tertiary/aromatic N) is 2. The lowest BCUT2D eigenvalue weighted by Gasteiger charge is -2.21. The Morgan fingerprint density at radius 3 is 2.34 bits per heavy atom. The average molecular weight is 532 g/mol. The topological polar surface area (TPSA) is 96.0 Å². The number of anilines is 3. The van der Waals surface area contributed by atoms with Gasteiger partial charge in [-0.3, -0.25) is 14.4 Å². The van der Waals surface area contributed by atoms with Gasteiger partial charge >= 0.3 is 5.97 Å². The summed E-state index contributed by atoms with van der Waals surface area (Å²) in [6, 6.07) is 22.0. The number of imide groups is 1. The molecule has 0 atom stereocenters. The van der Waals surface area contributed by atoms with E-state index in [0.29, 0.717) is 24.2 Å². The minimum atomic E-state index is -0.775. The Kier molecular flexibility index (Phi) is 8.23. The highest BCUT2D eigenvalue weighted by atomic mass is 35.5. The number of para-hydroxylation sites is 2. The Morgan fingerprint density at radius 2 is 1.63 bits per heavy atom. The maximum Gasteiger partial charge on any atom is 0.340 e. The fraction of sp³-hybridized carbons (Fsp3) is 0.172. The minimum absolute atomic E-state index is 0.0709. The Labute approximate surface area is 225 Å². The third-order valence-electron chi connectivity index (χ3n) is 5.84. The van der Waals surface area contributed by atoms with Crippen molar-refractivity contribution < 1.29 is 23.9 Å². The lowest BCUT2D eigenvalue weighted by Crippen LogP contribution is -2.33. The molecule has 1 N–H and O–H groups in total. The molecule has 3 aromatic rings. The van der Waals surface area contributed by atoms with Crippen LogP contribution in [0.15, 0.2) is 89.6 Å². The summed E-state index contributed by atoms with van der Waals surface area (Å²) >= 11 is 6.30. The van der Waals surface area contributed by atoms with E-state index in [4.69, 9.17) is 16.3 Å². The van der Waals surface area contributed by atoms with Gasteiger partial charge in [-0.2, -0.15) is 0 Å². The molecule has 0 bridgehead atoms. The van der Waals surface area contributed by atoms with Crippen molar-refractivity contribution in [3.8, 4) is 0 Å². The summed E-state index contributed by atoms with van der Waals surface area (Å²) < 4.78 is 5.21. The van der Waals surface area contributed by atoms with Crippen molar-refractivity contribution in [2.24, 2.45) is 0 Å². The van der Waals surface area contributed by atoms with Crippen LogP contribution in [-0.2, 0) is 14.3 Å². The number of benzene rings is 3. The van der Waals surface area contributed by atoms with E-state index in [0.717, 1.165) is 10.6 Å². The minimum Gasteiger partial charge on any atom is -0.462 e. The van der Waals surface area contributed by atoms with Gasteiger partial charge in [0.15, 0.2) is 0 Å². The molecule has 0 saturated carbocycles. The zero-order chi connectivity index (χ0) is 27.2. The number of hydrogen-bond donors (Lipinski definition) is 1. The molecule has 38 heavy (non-hydrogen) atoms. The van der Waals surface area contributed by atoms with Crippen LogP contribution >= 0.6 is 11.6 Å². The van der Waals surface area contributed by atoms with Crippen LogP contribution < -0.4 is 15.1 Å². The molecule has 8 nitrogen and oxygen atoms in total. The van der Waals surface area contributed by atoms with Gasteiger partial charge in [0.05, 0.1) is 17.9 Å². The van der Waals surface area contributed by atoms with Crippen LogP contribution in [-0.4, -0.2) is 36.8 Å². The lowest BCUT2D eigenvalue weighted by atomic mass is 10.1. The van der Waals surface area contributed by atoms with Gasteiger partial charge in [-0.15, -0.1) is 0 Å². The van der Waals surface area contributed by atoms with Gasteiger partial charge in [0.25, 0.3) is 17.7 Å². The molecule has 0 aliphatic carbocycles. The third-order valence-corrected chi connectivity index (χ3v) is 6.19. The number of carbonyl (C=O) groups excluding carboxylic acids is 4. The van der Waals surface area contributed by atoms with E-state index < -0.39 is 17.8 Å². The zero-order valence-corrected chi connectivity index (χ0v) is 21.7. The number of esters is 1. The lowest BCUT2D eigenvalue weighted by molar-refractivity contribution is -0.120. The summed E-state index contributed by atoms with van der Waals surface area (Å²) in [5, 5.41) is 2.56. The molecule has 0 spiro atoms. The summed E-state index contributed by atoms with van der Waals surface area (Å²) in [6.45, 7) is 4.40. The fourth-order valence-electron chi connectivity index (χ4n) is 4.03. The summed E-state index contributed by atoms with van der Waals surface area (Å²) in [7, 11) is 0. The number of halogens is 1. The van der Waals surface area contributed by atoms with Crippen molar-refractivity contribution in [1.82, 2.24) is 0 Å². The van der Waals surface area contributed by atoms with Crippen molar-refractivity contribution in [3.05, 3.63) is 101 Å². The molecule has 0 saturated heterocycles. The van der Waals surface area contributed by atoms with Crippen LogP contribution in [0, 0.1) is 0 Å². The maximum atomic E-state index is 13.4. The number of hydrogen-bond acceptors (Lipinski definition) is 6. The zero-order valence-electron chi connectivity index (χ0n) is 20.9. The number of rotatable bonds is 9. The van der Waals surface area contributed by atoms with Crippen LogP contribution in [0.4, 0.5) is 17.1 Å². The SMILES string of the molecule is CCCOC(=O)c1ccccc1N1C(=O)C(Cl)=C(Nc2cccc(C(=O)N(CC)c3ccccc3)c2)C1=O. The quantitative estimate of drug-likeness (QED) is 0.295. The normalized spacial score (nSPS) is 13.1. The molecule has 0 unspecified atom stereocenters. The maximum absolute atomic E-state index is 13.4. The van der Waals surface area contributed by atoms with E-state index in [-0.39, 0.29) is 34.5 Å². The number of nitrogens with one attached hydrogen (secondary N) is 1. The third kappa shape index (κ3) is 5.31. The van der Waals surface area contributed by atoms with Gasteiger partial charge in [-0.1, -0.05) is 54.9 Å². The van der Waals surface area contributed by atoms with Gasteiger partial charge in [-0.05, 0) is 55.8 Å². The molecule has 3 aromatic carbocycles. The van der Waals surface area contributed by atoms with Crippen molar-refractivity contribution >= 4 is 52.4 Å². The molecular formula is C29H26ClN3O5. The van der Waals surface area contributed by atoms with Crippen molar-refractivity contribution in [3.63, 3.8) is 0 Å². The molecule has 0 fully saturated rings. The highest BCUT2D eigenvalue weighted by molar-refractivity contribution is 6.53. The standard InChI is InChI=1S/C29H26ClN3O5/c1-3-17-38-29(37)22-15-8-9-16-23(22)33-27(35)24(30)25(28(33)36)31-20-12-10-11-19(18-20)26(34)32(4-2)21-13-6-5-7-14-21/h5-16,18,31H,3-4,17H2,1-2H3. The van der Waals surface area contributed by atoms with E-state index in [1.807, 2.05) is 44.2 Å². The number of ether oxygens (including phenoxy) is 1. The Bertz CT molecular complexity index is 1420. The largest absolute Gasteiger partial charge is 0.462 e. The Morgan fingerprint density at radius 1 is 0.921 bits per heavy atom. The second-order valence-electron chi connectivity index (χ2n) is 8.38. The molecule has 9 heteroatoms. The highest BCUT2D eigenvalue weighted by Crippen LogP contribution is 2.32. The smallest absolute Gasteiger partial charge is 0.340 e. The van der Waals surface area contributed by atoms with Crippen LogP contribution in [0.1, 0.15) is 41.0 Å². The first-order valence-electron chi connectivity index (χ1n) is 12.2. The number of amides is 3. The first-order chi connectivity index (χ1) is 18.4. The summed E-state index contributed by atoms with van der Waals surface area (Å²) in [4.78, 5) is 54.7. The number of carbonyl (C=O) groups is 4. The molecular weight excluding hydrogens is 506 g/mol. The van der Waals surface area contributed by atoms with E-state index in [9.17, 15) is 19.2 Å². The van der Waals surface area contributed by atoms with Gasteiger partial charge in [0.1, 0.15) is 10.7 Å². The van der Waals surface area contributed by atoms with E-state index in [2.05, 4.69) is 5.32 Å². The second-order valence-corrected chi connectivity index (χ2v) is 8.76. The second kappa shape index (κ2) is 11.7. The predicted octanol–water partition coefficient (Wildman–Crippen LogP) is 5.36. The molecule has 0 aromatic heterocycles. The summed E-state index contributed by atoms with van der Waals surface area (Å²) in [5.41, 5.74) is 1.52. The predicted molar refractivity (Wildman–Crippen MR) is 146 cm³/mol. The molecule has 0 radical (unpaired) electrons. The first-order valence-corrected chi connectivity index (χ1v) is 12.5. The molecule has 1 heterocycles. The summed E-state index contributed by atoms with van der Waals surface area (Å²) in [5.74, 6) is -2.38. The Hall–Kier alpha value is -4.43. The van der Waals surface area contributed by atoms with Crippen LogP contribution in [0.25, 0.3) is 0 Å². The van der Waals surface area contributed by atoms with Crippen LogP contribution in [0.5, 0.6) is 0 Å². The molecule has 1 aliphatic heterocycles. The van der Waals surface area contributed by atoms with Crippen molar-refractivity contribution in [2.45, 2.75) is 20.3 Å². The van der Waals surface area contributed by atoms with Crippen LogP contribution in [0.2, 0.25) is 0 Å². The molecule has 3 amide bonds. The molecule has 4 rings (SSSR count). The fourth-order valence-corrected chi connectivity index (χ4v) is 4.24. The van der Waals surface area contributed by atoms with E-state index >= 15 is 0 Å². The van der Waals surface area contributed by atoms with Crippen molar-refractivity contribution in [2.75, 3.05) is 28.3 Å². The highest BCUT2D eigenvalue weighted by Gasteiger charge is 2.40. The first kappa shape index (κ1) is 26.6. The van der Waals surface area contributed by atoms with Gasteiger partial charge < -0.3 is 15.0 Å². The average Bonchev–Trinajstić information content (AvgIpc) is 3.15. The molecule has 194 valence electrons. The molecule has 1 aliphatic rings. The van der Waals surface area contributed by atoms with E-state index in [1.54, 1.807) is 41.3 Å².